The molecule has 1 N–H and O–H groups in total. The Labute approximate surface area is 115 Å². The third kappa shape index (κ3) is 2.46. The van der Waals surface area contributed by atoms with Crippen molar-refractivity contribution in [2.24, 2.45) is 0 Å². The van der Waals surface area contributed by atoms with Crippen molar-refractivity contribution in [3.63, 3.8) is 0 Å². The third-order valence-electron chi connectivity index (χ3n) is 2.67. The Morgan fingerprint density at radius 1 is 0.850 bits per heavy atom. The Kier molecular flexibility index (Phi) is 3.67. The lowest BCUT2D eigenvalue weighted by atomic mass is 10.1. The minimum Gasteiger partial charge on any atom is -0.475 e. The summed E-state index contributed by atoms with van der Waals surface area (Å²) in [5, 5.41) is 8.75. The van der Waals surface area contributed by atoms with Gasteiger partial charge in [-0.3, -0.25) is 4.79 Å². The molecule has 0 radical (unpaired) electrons. The SMILES string of the molecule is O=C(O)C(=O)c1ccccc1S(=O)(=O)c1ccccc1. The van der Waals surface area contributed by atoms with E-state index in [1.54, 1.807) is 18.2 Å². The Bertz CT molecular complexity index is 763. The highest BCUT2D eigenvalue weighted by molar-refractivity contribution is 7.91. The monoisotopic (exact) mass is 290 g/mol. The maximum absolute atomic E-state index is 12.4. The van der Waals surface area contributed by atoms with Crippen LogP contribution in [0.3, 0.4) is 0 Å². The summed E-state index contributed by atoms with van der Waals surface area (Å²) >= 11 is 0. The first-order valence-electron chi connectivity index (χ1n) is 5.61. The predicted octanol–water partition coefficient (Wildman–Crippen LogP) is 1.79. The van der Waals surface area contributed by atoms with E-state index in [-0.39, 0.29) is 15.4 Å². The number of hydrogen-bond donors (Lipinski definition) is 1. The Morgan fingerprint density at radius 3 is 2.00 bits per heavy atom. The molecule has 2 rings (SSSR count). The molecule has 0 unspecified atom stereocenters. The molecule has 102 valence electrons. The normalized spacial score (nSPS) is 11.0. The molecule has 0 atom stereocenters. The first-order chi connectivity index (χ1) is 9.44. The molecule has 0 saturated carbocycles. The molecule has 20 heavy (non-hydrogen) atoms. The first-order valence-corrected chi connectivity index (χ1v) is 7.09. The number of benzene rings is 2. The van der Waals surface area contributed by atoms with E-state index in [0.29, 0.717) is 0 Å². The molecule has 0 heterocycles. The van der Waals surface area contributed by atoms with Crippen LogP contribution in [0.5, 0.6) is 0 Å². The van der Waals surface area contributed by atoms with Gasteiger partial charge in [0.1, 0.15) is 0 Å². The van der Waals surface area contributed by atoms with E-state index in [9.17, 15) is 18.0 Å². The molecule has 5 nitrogen and oxygen atoms in total. The van der Waals surface area contributed by atoms with Gasteiger partial charge in [0.15, 0.2) is 0 Å². The summed E-state index contributed by atoms with van der Waals surface area (Å²) in [7, 11) is -3.93. The van der Waals surface area contributed by atoms with Crippen LogP contribution >= 0.6 is 0 Å². The topological polar surface area (TPSA) is 88.5 Å². The van der Waals surface area contributed by atoms with E-state index in [1.165, 1.54) is 36.4 Å². The van der Waals surface area contributed by atoms with Gasteiger partial charge in [-0.25, -0.2) is 13.2 Å². The number of carboxylic acids is 1. The number of carbonyl (C=O) groups excluding carboxylic acids is 1. The highest BCUT2D eigenvalue weighted by Crippen LogP contribution is 2.24. The van der Waals surface area contributed by atoms with E-state index in [1.807, 2.05) is 0 Å². The van der Waals surface area contributed by atoms with Gasteiger partial charge in [0.2, 0.25) is 9.84 Å². The average molecular weight is 290 g/mol. The second-order valence-electron chi connectivity index (χ2n) is 3.95. The zero-order valence-electron chi connectivity index (χ0n) is 10.2. The van der Waals surface area contributed by atoms with Crippen molar-refractivity contribution < 1.29 is 23.1 Å². The maximum atomic E-state index is 12.4. The highest BCUT2D eigenvalue weighted by atomic mass is 32.2. The molecule has 0 amide bonds. The Balaban J connectivity index is 2.65. The Morgan fingerprint density at radius 2 is 1.40 bits per heavy atom. The van der Waals surface area contributed by atoms with Crippen LogP contribution in [0.25, 0.3) is 0 Å². The highest BCUT2D eigenvalue weighted by Gasteiger charge is 2.26. The molecule has 0 saturated heterocycles. The number of sulfone groups is 1. The van der Waals surface area contributed by atoms with E-state index < -0.39 is 21.6 Å². The van der Waals surface area contributed by atoms with E-state index in [0.717, 1.165) is 0 Å². The van der Waals surface area contributed by atoms with Gasteiger partial charge in [-0.2, -0.15) is 0 Å². The fourth-order valence-corrected chi connectivity index (χ4v) is 3.21. The standard InChI is InChI=1S/C14H10O5S/c15-13(14(16)17)11-8-4-5-9-12(11)20(18,19)10-6-2-1-3-7-10/h1-9H,(H,16,17). The van der Waals surface area contributed by atoms with Crippen molar-refractivity contribution >= 4 is 21.6 Å². The number of rotatable bonds is 4. The van der Waals surface area contributed by atoms with Crippen molar-refractivity contribution in [1.29, 1.82) is 0 Å². The summed E-state index contributed by atoms with van der Waals surface area (Å²) in [5.41, 5.74) is -0.344. The van der Waals surface area contributed by atoms with Crippen molar-refractivity contribution in [2.75, 3.05) is 0 Å². The molecular weight excluding hydrogens is 280 g/mol. The average Bonchev–Trinajstić information content (AvgIpc) is 2.47. The predicted molar refractivity (Wildman–Crippen MR) is 70.3 cm³/mol. The molecule has 0 spiro atoms. The van der Waals surface area contributed by atoms with Gasteiger partial charge in [0, 0.05) is 5.56 Å². The molecule has 2 aromatic carbocycles. The molecule has 0 aliphatic rings. The summed E-state index contributed by atoms with van der Waals surface area (Å²) < 4.78 is 24.9. The molecule has 6 heteroatoms. The minimum absolute atomic E-state index is 0.00522. The number of Topliss-reactive ketones (excluding diaryl/α,β-unsaturated/α-hetero) is 1. The second kappa shape index (κ2) is 5.26. The van der Waals surface area contributed by atoms with Crippen LogP contribution < -0.4 is 0 Å². The summed E-state index contributed by atoms with van der Waals surface area (Å²) in [6.45, 7) is 0. The van der Waals surface area contributed by atoms with Crippen molar-refractivity contribution in [3.8, 4) is 0 Å². The zero-order chi connectivity index (χ0) is 14.8. The molecule has 2 aromatic rings. The van der Waals surface area contributed by atoms with Crippen LogP contribution in [0.4, 0.5) is 0 Å². The second-order valence-corrected chi connectivity index (χ2v) is 5.87. The number of aliphatic carboxylic acids is 1. The van der Waals surface area contributed by atoms with E-state index in [4.69, 9.17) is 5.11 Å². The van der Waals surface area contributed by atoms with Crippen LogP contribution in [-0.2, 0) is 14.6 Å². The van der Waals surface area contributed by atoms with Crippen LogP contribution in [0.1, 0.15) is 10.4 Å². The maximum Gasteiger partial charge on any atom is 0.377 e. The quantitative estimate of drug-likeness (QED) is 0.685. The van der Waals surface area contributed by atoms with Crippen molar-refractivity contribution in [2.45, 2.75) is 9.79 Å². The number of ketones is 1. The van der Waals surface area contributed by atoms with Crippen LogP contribution in [0.2, 0.25) is 0 Å². The smallest absolute Gasteiger partial charge is 0.377 e. The van der Waals surface area contributed by atoms with Gasteiger partial charge in [-0.05, 0) is 24.3 Å². The van der Waals surface area contributed by atoms with Crippen LogP contribution in [-0.4, -0.2) is 25.3 Å². The van der Waals surface area contributed by atoms with Crippen molar-refractivity contribution in [3.05, 3.63) is 60.2 Å². The number of carboxylic acid groups (broad SMARTS) is 1. The summed E-state index contributed by atoms with van der Waals surface area (Å²) in [5.74, 6) is -2.94. The van der Waals surface area contributed by atoms with Gasteiger partial charge in [0.25, 0.3) is 5.78 Å². The zero-order valence-corrected chi connectivity index (χ0v) is 11.0. The molecule has 0 aromatic heterocycles. The summed E-state index contributed by atoms with van der Waals surface area (Å²) in [6.07, 6.45) is 0. The molecule has 0 bridgehead atoms. The van der Waals surface area contributed by atoms with E-state index in [2.05, 4.69) is 0 Å². The third-order valence-corrected chi connectivity index (χ3v) is 4.50. The minimum atomic E-state index is -3.93. The van der Waals surface area contributed by atoms with Gasteiger partial charge >= 0.3 is 5.97 Å². The molecular formula is C14H10O5S. The van der Waals surface area contributed by atoms with Gasteiger partial charge in [0.05, 0.1) is 9.79 Å². The van der Waals surface area contributed by atoms with Gasteiger partial charge in [-0.1, -0.05) is 30.3 Å². The Hall–Kier alpha value is -2.47. The van der Waals surface area contributed by atoms with E-state index >= 15 is 0 Å². The molecule has 0 aliphatic carbocycles. The molecule has 0 fully saturated rings. The lowest BCUT2D eigenvalue weighted by Crippen LogP contribution is -2.17. The first kappa shape index (κ1) is 14.0. The summed E-state index contributed by atoms with van der Waals surface area (Å²) in [4.78, 5) is 22.0. The fraction of sp³-hybridized carbons (Fsp3) is 0. The number of hydrogen-bond acceptors (Lipinski definition) is 4. The van der Waals surface area contributed by atoms with Crippen LogP contribution in [0, 0.1) is 0 Å². The van der Waals surface area contributed by atoms with Crippen LogP contribution in [0.15, 0.2) is 64.4 Å². The largest absolute Gasteiger partial charge is 0.475 e. The lowest BCUT2D eigenvalue weighted by molar-refractivity contribution is -0.131. The van der Waals surface area contributed by atoms with Gasteiger partial charge < -0.3 is 5.11 Å². The molecule has 0 aliphatic heterocycles. The van der Waals surface area contributed by atoms with Gasteiger partial charge in [-0.15, -0.1) is 0 Å². The number of carbonyl (C=O) groups is 2. The summed E-state index contributed by atoms with van der Waals surface area (Å²) in [6, 6.07) is 12.8. The fourth-order valence-electron chi connectivity index (χ4n) is 1.73. The lowest BCUT2D eigenvalue weighted by Gasteiger charge is -2.08. The van der Waals surface area contributed by atoms with Crippen molar-refractivity contribution in [1.82, 2.24) is 0 Å².